The molecule has 0 saturated carbocycles. The molecule has 0 radical (unpaired) electrons. The van der Waals surface area contributed by atoms with Crippen LogP contribution in [0.4, 0.5) is 0 Å². The summed E-state index contributed by atoms with van der Waals surface area (Å²) in [5.74, 6) is -0.577. The summed E-state index contributed by atoms with van der Waals surface area (Å²) in [6.45, 7) is 5.44. The molecule has 0 spiro atoms. The van der Waals surface area contributed by atoms with Crippen LogP contribution in [-0.4, -0.2) is 46.5 Å². The molecule has 19 heavy (non-hydrogen) atoms. The molecule has 2 heterocycles. The third kappa shape index (κ3) is 2.78. The standard InChI is InChI=1S/C13H20N4O2/c1-8-5-17(6-9(2)15-8)13(19)11-4-10(12(14)18)7-16(11)3/h4,7-9,15H,5-6H2,1-3H3,(H2,14,18). The van der Waals surface area contributed by atoms with Gasteiger partial charge in [-0.3, -0.25) is 9.59 Å². The molecule has 1 aromatic heterocycles. The predicted molar refractivity (Wildman–Crippen MR) is 71.9 cm³/mol. The van der Waals surface area contributed by atoms with Gasteiger partial charge in [0.15, 0.2) is 0 Å². The van der Waals surface area contributed by atoms with Crippen molar-refractivity contribution in [3.05, 3.63) is 23.5 Å². The Hall–Kier alpha value is -1.82. The summed E-state index contributed by atoms with van der Waals surface area (Å²) in [6.07, 6.45) is 1.59. The highest BCUT2D eigenvalue weighted by molar-refractivity contribution is 5.98. The summed E-state index contributed by atoms with van der Waals surface area (Å²) in [4.78, 5) is 25.4. The molecule has 6 nitrogen and oxygen atoms in total. The molecule has 3 N–H and O–H groups in total. The van der Waals surface area contributed by atoms with Crippen molar-refractivity contribution in [1.29, 1.82) is 0 Å². The number of nitrogens with two attached hydrogens (primary N) is 1. The molecule has 2 unspecified atom stereocenters. The van der Waals surface area contributed by atoms with Crippen molar-refractivity contribution in [2.45, 2.75) is 25.9 Å². The van der Waals surface area contributed by atoms with E-state index in [-0.39, 0.29) is 18.0 Å². The number of nitrogens with one attached hydrogen (secondary N) is 1. The zero-order chi connectivity index (χ0) is 14.2. The summed E-state index contributed by atoms with van der Waals surface area (Å²) in [7, 11) is 1.74. The number of aryl methyl sites for hydroxylation is 1. The molecular formula is C13H20N4O2. The first-order valence-electron chi connectivity index (χ1n) is 6.40. The molecule has 104 valence electrons. The Morgan fingerprint density at radius 1 is 1.32 bits per heavy atom. The molecule has 2 atom stereocenters. The highest BCUT2D eigenvalue weighted by Crippen LogP contribution is 2.13. The quantitative estimate of drug-likeness (QED) is 0.785. The van der Waals surface area contributed by atoms with Crippen LogP contribution >= 0.6 is 0 Å². The van der Waals surface area contributed by atoms with Gasteiger partial charge in [-0.2, -0.15) is 0 Å². The van der Waals surface area contributed by atoms with E-state index in [9.17, 15) is 9.59 Å². The fourth-order valence-electron chi connectivity index (χ4n) is 2.57. The average molecular weight is 264 g/mol. The van der Waals surface area contributed by atoms with Gasteiger partial charge in [-0.05, 0) is 19.9 Å². The molecule has 1 aliphatic rings. The zero-order valence-corrected chi connectivity index (χ0v) is 11.5. The van der Waals surface area contributed by atoms with Gasteiger partial charge >= 0.3 is 0 Å². The highest BCUT2D eigenvalue weighted by atomic mass is 16.2. The van der Waals surface area contributed by atoms with Gasteiger partial charge in [-0.15, -0.1) is 0 Å². The third-order valence-electron chi connectivity index (χ3n) is 3.35. The number of nitrogens with zero attached hydrogens (tertiary/aromatic N) is 2. The molecule has 0 bridgehead atoms. The van der Waals surface area contributed by atoms with Gasteiger partial charge in [-0.1, -0.05) is 0 Å². The van der Waals surface area contributed by atoms with Crippen LogP contribution < -0.4 is 11.1 Å². The summed E-state index contributed by atoms with van der Waals surface area (Å²) in [5, 5.41) is 3.38. The smallest absolute Gasteiger partial charge is 0.270 e. The monoisotopic (exact) mass is 264 g/mol. The first-order valence-corrected chi connectivity index (χ1v) is 6.40. The lowest BCUT2D eigenvalue weighted by molar-refractivity contribution is 0.0664. The summed E-state index contributed by atoms with van der Waals surface area (Å²) in [5.41, 5.74) is 6.09. The van der Waals surface area contributed by atoms with Crippen LogP contribution in [0.15, 0.2) is 12.3 Å². The Morgan fingerprint density at radius 3 is 2.37 bits per heavy atom. The topological polar surface area (TPSA) is 80.4 Å². The molecule has 2 amide bonds. The van der Waals surface area contributed by atoms with Crippen molar-refractivity contribution in [3.63, 3.8) is 0 Å². The average Bonchev–Trinajstić information content (AvgIpc) is 2.69. The Morgan fingerprint density at radius 2 is 1.89 bits per heavy atom. The molecule has 0 aromatic carbocycles. The van der Waals surface area contributed by atoms with Crippen LogP contribution in [0.1, 0.15) is 34.7 Å². The number of carbonyl (C=O) groups excluding carboxylic acids is 2. The second-order valence-corrected chi connectivity index (χ2v) is 5.27. The van der Waals surface area contributed by atoms with Crippen molar-refractivity contribution in [2.24, 2.45) is 12.8 Å². The molecule has 1 fully saturated rings. The summed E-state index contributed by atoms with van der Waals surface area (Å²) >= 11 is 0. The van der Waals surface area contributed by atoms with Crippen LogP contribution in [0.5, 0.6) is 0 Å². The minimum atomic E-state index is -0.517. The van der Waals surface area contributed by atoms with Crippen molar-refractivity contribution >= 4 is 11.8 Å². The van der Waals surface area contributed by atoms with Crippen molar-refractivity contribution in [3.8, 4) is 0 Å². The van der Waals surface area contributed by atoms with Gasteiger partial charge in [0.25, 0.3) is 5.91 Å². The number of aromatic nitrogens is 1. The van der Waals surface area contributed by atoms with Gasteiger partial charge in [0.1, 0.15) is 5.69 Å². The van der Waals surface area contributed by atoms with Crippen molar-refractivity contribution < 1.29 is 9.59 Å². The number of piperazine rings is 1. The predicted octanol–water partition coefficient (Wildman–Crippen LogP) is -0.0536. The highest BCUT2D eigenvalue weighted by Gasteiger charge is 2.27. The number of amides is 2. The van der Waals surface area contributed by atoms with Crippen LogP contribution in [0.2, 0.25) is 0 Å². The molecular weight excluding hydrogens is 244 g/mol. The number of hydrogen-bond acceptors (Lipinski definition) is 3. The molecule has 1 aliphatic heterocycles. The van der Waals surface area contributed by atoms with Gasteiger partial charge < -0.3 is 20.5 Å². The van der Waals surface area contributed by atoms with Gasteiger partial charge in [0, 0.05) is 38.4 Å². The third-order valence-corrected chi connectivity index (χ3v) is 3.35. The number of primary amides is 1. The maximum Gasteiger partial charge on any atom is 0.270 e. The number of hydrogen-bond donors (Lipinski definition) is 2. The van der Waals surface area contributed by atoms with E-state index < -0.39 is 5.91 Å². The maximum absolute atomic E-state index is 12.5. The fourth-order valence-corrected chi connectivity index (χ4v) is 2.57. The van der Waals surface area contributed by atoms with Crippen molar-refractivity contribution in [2.75, 3.05) is 13.1 Å². The van der Waals surface area contributed by atoms with Crippen LogP contribution in [-0.2, 0) is 7.05 Å². The van der Waals surface area contributed by atoms with E-state index in [1.165, 1.54) is 0 Å². The minimum Gasteiger partial charge on any atom is -0.366 e. The largest absolute Gasteiger partial charge is 0.366 e. The van der Waals surface area contributed by atoms with Gasteiger partial charge in [0.05, 0.1) is 5.56 Å². The van der Waals surface area contributed by atoms with E-state index in [0.717, 1.165) is 0 Å². The van der Waals surface area contributed by atoms with Gasteiger partial charge in [-0.25, -0.2) is 0 Å². The van der Waals surface area contributed by atoms with E-state index >= 15 is 0 Å². The lowest BCUT2D eigenvalue weighted by atomic mass is 10.1. The fraction of sp³-hybridized carbons (Fsp3) is 0.538. The SMILES string of the molecule is CC1CN(C(=O)c2cc(C(N)=O)cn2C)CC(C)N1. The Labute approximate surface area is 112 Å². The van der Waals surface area contributed by atoms with Crippen LogP contribution in [0.3, 0.4) is 0 Å². The molecule has 6 heteroatoms. The molecule has 2 rings (SSSR count). The van der Waals surface area contributed by atoms with Gasteiger partial charge in [0.2, 0.25) is 5.91 Å². The first kappa shape index (κ1) is 13.6. The zero-order valence-electron chi connectivity index (χ0n) is 11.5. The summed E-state index contributed by atoms with van der Waals surface area (Å²) in [6, 6.07) is 2.09. The second-order valence-electron chi connectivity index (χ2n) is 5.27. The Kier molecular flexibility index (Phi) is 3.61. The Bertz CT molecular complexity index is 499. The number of rotatable bonds is 2. The first-order chi connectivity index (χ1) is 8.88. The lowest BCUT2D eigenvalue weighted by Crippen LogP contribution is -2.56. The lowest BCUT2D eigenvalue weighted by Gasteiger charge is -2.36. The van der Waals surface area contributed by atoms with E-state index in [0.29, 0.717) is 24.3 Å². The van der Waals surface area contributed by atoms with E-state index in [2.05, 4.69) is 19.2 Å². The number of carbonyl (C=O) groups is 2. The maximum atomic E-state index is 12.5. The van der Waals surface area contributed by atoms with Crippen LogP contribution in [0.25, 0.3) is 0 Å². The molecule has 0 aliphatic carbocycles. The molecule has 1 saturated heterocycles. The normalized spacial score (nSPS) is 23.4. The van der Waals surface area contributed by atoms with E-state index in [1.807, 2.05) is 4.90 Å². The molecule has 1 aromatic rings. The minimum absolute atomic E-state index is 0.0600. The van der Waals surface area contributed by atoms with Crippen molar-refractivity contribution in [1.82, 2.24) is 14.8 Å². The second kappa shape index (κ2) is 5.05. The van der Waals surface area contributed by atoms with E-state index in [1.54, 1.807) is 23.9 Å². The van der Waals surface area contributed by atoms with Crippen LogP contribution in [0, 0.1) is 0 Å². The summed E-state index contributed by atoms with van der Waals surface area (Å²) < 4.78 is 1.65. The Balaban J connectivity index is 2.21. The van der Waals surface area contributed by atoms with E-state index in [4.69, 9.17) is 5.73 Å².